The number of fused-ring (bicyclic) bond motifs is 4. The van der Waals surface area contributed by atoms with Crippen LogP contribution in [0, 0.1) is 5.92 Å². The number of carbonyl (C=O) groups is 4. The van der Waals surface area contributed by atoms with Crippen LogP contribution in [0.3, 0.4) is 0 Å². The molecule has 3 aromatic carbocycles. The van der Waals surface area contributed by atoms with Crippen LogP contribution >= 0.6 is 0 Å². The first-order chi connectivity index (χ1) is 24.9. The van der Waals surface area contributed by atoms with Crippen molar-refractivity contribution >= 4 is 40.7 Å². The summed E-state index contributed by atoms with van der Waals surface area (Å²) in [4.78, 5) is 58.6. The topological polar surface area (TPSA) is 156 Å². The molecule has 0 saturated carbocycles. The van der Waals surface area contributed by atoms with Gasteiger partial charge >= 0.3 is 0 Å². The molecule has 0 aliphatic carbocycles. The molecule has 260 valence electrons. The molecule has 12 heteroatoms. The van der Waals surface area contributed by atoms with Gasteiger partial charge in [-0.2, -0.15) is 0 Å². The molecule has 4 amide bonds. The highest BCUT2D eigenvalue weighted by Crippen LogP contribution is 2.48. The summed E-state index contributed by atoms with van der Waals surface area (Å²) in [6.45, 7) is 2.01. The van der Waals surface area contributed by atoms with E-state index in [2.05, 4.69) is 61.5 Å². The van der Waals surface area contributed by atoms with Crippen LogP contribution in [0.4, 0.5) is 17.1 Å². The number of nitrogens with zero attached hydrogens (tertiary/aromatic N) is 3. The molecule has 5 heterocycles. The number of aliphatic hydroxyl groups is 1. The smallest absolute Gasteiger partial charge is 0.255 e. The van der Waals surface area contributed by atoms with Gasteiger partial charge in [0.05, 0.1) is 19.2 Å². The Kier molecular flexibility index (Phi) is 8.70. The van der Waals surface area contributed by atoms with Gasteiger partial charge in [-0.25, -0.2) is 0 Å². The van der Waals surface area contributed by atoms with Crippen LogP contribution in [0.5, 0.6) is 0 Å². The molecular formula is C39H39N7O5. The molecule has 5 N–H and O–H groups in total. The minimum absolute atomic E-state index is 0.00959. The van der Waals surface area contributed by atoms with Gasteiger partial charge in [0.25, 0.3) is 5.91 Å². The van der Waals surface area contributed by atoms with Crippen LogP contribution in [0.15, 0.2) is 85.2 Å². The number of imide groups is 1. The van der Waals surface area contributed by atoms with E-state index in [9.17, 15) is 24.3 Å². The van der Waals surface area contributed by atoms with E-state index < -0.39 is 11.9 Å². The zero-order valence-corrected chi connectivity index (χ0v) is 28.0. The van der Waals surface area contributed by atoms with Crippen LogP contribution in [-0.2, 0) is 27.5 Å². The number of pyridine rings is 1. The zero-order valence-electron chi connectivity index (χ0n) is 28.0. The van der Waals surface area contributed by atoms with Gasteiger partial charge in [-0.15, -0.1) is 0 Å². The highest BCUT2D eigenvalue weighted by Gasteiger charge is 2.44. The molecule has 4 atom stereocenters. The van der Waals surface area contributed by atoms with Crippen molar-refractivity contribution in [3.63, 3.8) is 0 Å². The first-order valence-electron chi connectivity index (χ1n) is 17.4. The average Bonchev–Trinajstić information content (AvgIpc) is 3.72. The number of carbonyl (C=O) groups excluding carboxylic acids is 4. The molecule has 1 unspecified atom stereocenters. The molecule has 0 bridgehead atoms. The van der Waals surface area contributed by atoms with E-state index in [0.717, 1.165) is 41.9 Å². The van der Waals surface area contributed by atoms with Crippen molar-refractivity contribution in [3.8, 4) is 11.1 Å². The normalized spacial score (nSPS) is 22.5. The maximum absolute atomic E-state index is 13.2. The first-order valence-corrected chi connectivity index (χ1v) is 17.4. The van der Waals surface area contributed by atoms with Crippen molar-refractivity contribution in [3.05, 3.63) is 107 Å². The van der Waals surface area contributed by atoms with Crippen LogP contribution in [0.2, 0.25) is 0 Å². The van der Waals surface area contributed by atoms with E-state index >= 15 is 0 Å². The molecule has 2 saturated heterocycles. The average molecular weight is 686 g/mol. The number of amides is 4. The lowest BCUT2D eigenvalue weighted by Gasteiger charge is -2.39. The minimum atomic E-state index is -0.708. The number of rotatable bonds is 9. The minimum Gasteiger partial charge on any atom is -0.394 e. The van der Waals surface area contributed by atoms with Gasteiger partial charge in [0.1, 0.15) is 6.04 Å². The van der Waals surface area contributed by atoms with Crippen molar-refractivity contribution in [2.45, 2.75) is 50.5 Å². The fourth-order valence-electron chi connectivity index (χ4n) is 8.15. The lowest BCUT2D eigenvalue weighted by Crippen LogP contribution is -2.52. The van der Waals surface area contributed by atoms with Crippen molar-refractivity contribution in [2.24, 2.45) is 5.92 Å². The van der Waals surface area contributed by atoms with Gasteiger partial charge in [0.2, 0.25) is 17.7 Å². The summed E-state index contributed by atoms with van der Waals surface area (Å²) >= 11 is 0. The van der Waals surface area contributed by atoms with E-state index in [-0.39, 0.29) is 68.3 Å². The number of aliphatic hydroxyl groups excluding tert-OH is 1. The van der Waals surface area contributed by atoms with Gasteiger partial charge in [-0.05, 0) is 90.2 Å². The predicted molar refractivity (Wildman–Crippen MR) is 191 cm³/mol. The predicted octanol–water partition coefficient (Wildman–Crippen LogP) is 3.91. The maximum Gasteiger partial charge on any atom is 0.255 e. The largest absolute Gasteiger partial charge is 0.394 e. The summed E-state index contributed by atoms with van der Waals surface area (Å²) in [5.41, 5.74) is 7.96. The number of nitrogens with one attached hydrogen (secondary N) is 4. The third-order valence-corrected chi connectivity index (χ3v) is 10.6. The summed E-state index contributed by atoms with van der Waals surface area (Å²) in [7, 11) is 0. The summed E-state index contributed by atoms with van der Waals surface area (Å²) in [6.07, 6.45) is 5.11. The van der Waals surface area contributed by atoms with E-state index in [1.165, 1.54) is 16.0 Å². The third-order valence-electron chi connectivity index (χ3n) is 10.6. The lowest BCUT2D eigenvalue weighted by atomic mass is 9.82. The molecule has 8 rings (SSSR count). The fraction of sp³-hybridized carbons (Fsp3) is 0.308. The van der Waals surface area contributed by atoms with Crippen molar-refractivity contribution in [1.29, 1.82) is 0 Å². The molecule has 12 nitrogen and oxygen atoms in total. The second-order valence-electron chi connectivity index (χ2n) is 13.7. The number of aromatic nitrogens is 1. The molecular weight excluding hydrogens is 646 g/mol. The third kappa shape index (κ3) is 6.32. The second-order valence-corrected chi connectivity index (χ2v) is 13.7. The molecule has 51 heavy (non-hydrogen) atoms. The standard InChI is InChI=1S/C39H39N7O5/c47-22-33-28-13-16-45(20-23-11-14-40-15-12-23)37(28)29-18-25(7-8-32(29)43-33)24-3-1-4-26(17-24)42-36(49)19-41-31-6-2-5-27-30(31)21-46(39(27)51)34-9-10-35(48)44-38(34)50/h1-8,11-12,14-15,17-18,28,33-34,37,41,43,47H,9-10,13,16,19-22H2,(H,42,49)(H,44,48,50)/t28-,33-,34?,37-/m1/s1. The summed E-state index contributed by atoms with van der Waals surface area (Å²) in [6, 6.07) is 23.0. The SMILES string of the molecule is O=C1CCC(N2Cc3c(NCC(=O)Nc4cccc(-c5ccc6c(c5)[C@H]5[C@H](CCN5Cc5ccncc5)[C@@H](CO)N6)c4)cccc3C2=O)C(=O)N1. The molecule has 0 spiro atoms. The number of piperidine rings is 1. The number of likely N-dealkylation sites (tertiary alicyclic amines) is 1. The highest BCUT2D eigenvalue weighted by atomic mass is 16.3. The van der Waals surface area contributed by atoms with Gasteiger partial charge in [0.15, 0.2) is 0 Å². The monoisotopic (exact) mass is 685 g/mol. The van der Waals surface area contributed by atoms with Crippen molar-refractivity contribution < 1.29 is 24.3 Å². The number of anilines is 3. The molecule has 4 aliphatic heterocycles. The second kappa shape index (κ2) is 13.6. The van der Waals surface area contributed by atoms with Crippen LogP contribution in [0.25, 0.3) is 11.1 Å². The number of benzene rings is 3. The van der Waals surface area contributed by atoms with Crippen LogP contribution in [-0.4, -0.2) is 75.3 Å². The molecule has 1 aromatic heterocycles. The van der Waals surface area contributed by atoms with E-state index in [1.54, 1.807) is 12.1 Å². The number of hydrogen-bond acceptors (Lipinski definition) is 9. The van der Waals surface area contributed by atoms with E-state index in [1.807, 2.05) is 42.7 Å². The lowest BCUT2D eigenvalue weighted by molar-refractivity contribution is -0.137. The molecule has 0 radical (unpaired) electrons. The number of hydrogen-bond donors (Lipinski definition) is 5. The van der Waals surface area contributed by atoms with Crippen molar-refractivity contribution in [2.75, 3.05) is 35.6 Å². The molecule has 4 aromatic rings. The maximum atomic E-state index is 13.2. The highest BCUT2D eigenvalue weighted by molar-refractivity contribution is 6.06. The summed E-state index contributed by atoms with van der Waals surface area (Å²) in [5.74, 6) is -1.02. The Hall–Kier alpha value is -5.59. The summed E-state index contributed by atoms with van der Waals surface area (Å²) in [5, 5.41) is 22.3. The quantitative estimate of drug-likeness (QED) is 0.165. The Morgan fingerprint density at radius 1 is 0.961 bits per heavy atom. The van der Waals surface area contributed by atoms with Gasteiger partial charge in [-0.1, -0.05) is 24.3 Å². The molecule has 4 aliphatic rings. The van der Waals surface area contributed by atoms with Crippen LogP contribution < -0.4 is 21.3 Å². The Morgan fingerprint density at radius 3 is 2.61 bits per heavy atom. The van der Waals surface area contributed by atoms with Crippen LogP contribution in [0.1, 0.15) is 52.4 Å². The van der Waals surface area contributed by atoms with Gasteiger partial charge < -0.3 is 26.0 Å². The fourth-order valence-corrected chi connectivity index (χ4v) is 8.15. The van der Waals surface area contributed by atoms with Crippen molar-refractivity contribution in [1.82, 2.24) is 20.1 Å². The molecule has 2 fully saturated rings. The van der Waals surface area contributed by atoms with E-state index in [4.69, 9.17) is 0 Å². The van der Waals surface area contributed by atoms with E-state index in [0.29, 0.717) is 16.9 Å². The Morgan fingerprint density at radius 2 is 1.78 bits per heavy atom. The Bertz CT molecular complexity index is 2020. The Labute approximate surface area is 295 Å². The van der Waals surface area contributed by atoms with Gasteiger partial charge in [-0.3, -0.25) is 34.4 Å². The summed E-state index contributed by atoms with van der Waals surface area (Å²) < 4.78 is 0. The first kappa shape index (κ1) is 32.6. The Balaban J connectivity index is 0.957. The zero-order chi connectivity index (χ0) is 35.1. The van der Waals surface area contributed by atoms with Gasteiger partial charge in [0, 0.05) is 72.1 Å².